The van der Waals surface area contributed by atoms with Crippen LogP contribution in [0.15, 0.2) is 4.63 Å². The van der Waals surface area contributed by atoms with Gasteiger partial charge in [0.2, 0.25) is 11.6 Å². The summed E-state index contributed by atoms with van der Waals surface area (Å²) in [5.41, 5.74) is 3.76. The van der Waals surface area contributed by atoms with Crippen molar-refractivity contribution in [3.05, 3.63) is 11.4 Å². The van der Waals surface area contributed by atoms with E-state index in [1.54, 1.807) is 13.8 Å². The summed E-state index contributed by atoms with van der Waals surface area (Å²) in [6.07, 6.45) is 0.795. The Morgan fingerprint density at radius 3 is 2.24 bits per heavy atom. The lowest BCUT2D eigenvalue weighted by Gasteiger charge is -2.27. The molecule has 116 valence electrons. The molecule has 2 rings (SSSR count). The van der Waals surface area contributed by atoms with Crippen LogP contribution in [0, 0.1) is 0 Å². The first-order valence-corrected chi connectivity index (χ1v) is 6.74. The summed E-state index contributed by atoms with van der Waals surface area (Å²) in [5, 5.41) is 36.3. The molecule has 0 bridgehead atoms. The third kappa shape index (κ3) is 2.49. The largest absolute Gasteiger partial charge is 0.384 e. The van der Waals surface area contributed by atoms with Crippen molar-refractivity contribution in [1.82, 2.24) is 25.3 Å². The minimum Gasteiger partial charge on any atom is -0.384 e. The fraction of sp³-hybridized carbons (Fsp3) is 0.667. The van der Waals surface area contributed by atoms with E-state index in [4.69, 9.17) is 5.73 Å². The molecule has 0 radical (unpaired) electrons. The van der Waals surface area contributed by atoms with E-state index in [0.29, 0.717) is 18.5 Å². The fourth-order valence-corrected chi connectivity index (χ4v) is 1.95. The summed E-state index contributed by atoms with van der Waals surface area (Å²) in [5.74, 6) is 0.153. The predicted octanol–water partition coefficient (Wildman–Crippen LogP) is 0.467. The van der Waals surface area contributed by atoms with Gasteiger partial charge in [0.25, 0.3) is 0 Å². The van der Waals surface area contributed by atoms with Crippen molar-refractivity contribution in [3.63, 3.8) is 0 Å². The smallest absolute Gasteiger partial charge is 0.243 e. The Balaban J connectivity index is 2.72. The van der Waals surface area contributed by atoms with Crippen molar-refractivity contribution in [2.24, 2.45) is 0 Å². The van der Waals surface area contributed by atoms with Crippen LogP contribution in [0.5, 0.6) is 0 Å². The number of hydrogen-bond acceptors (Lipinski definition) is 8. The first kappa shape index (κ1) is 15.4. The number of hydrogen-bond donors (Lipinski definition) is 3. The standard InChI is InChI=1S/C12H20N6O3/c1-5-11(3,19)7-8(12(4,20)6-2)18(17-14-7)10-9(13)15-21-16-10/h19-20H,5-6H2,1-4H3,(H2,13,15). The third-order valence-electron chi connectivity index (χ3n) is 3.76. The van der Waals surface area contributed by atoms with Crippen LogP contribution < -0.4 is 5.73 Å². The van der Waals surface area contributed by atoms with Crippen LogP contribution in [0.3, 0.4) is 0 Å². The number of anilines is 1. The van der Waals surface area contributed by atoms with Crippen molar-refractivity contribution in [2.75, 3.05) is 5.73 Å². The molecule has 2 unspecified atom stereocenters. The molecule has 0 aliphatic carbocycles. The average molecular weight is 296 g/mol. The monoisotopic (exact) mass is 296 g/mol. The van der Waals surface area contributed by atoms with E-state index >= 15 is 0 Å². The topological polar surface area (TPSA) is 136 Å². The van der Waals surface area contributed by atoms with Crippen molar-refractivity contribution in [3.8, 4) is 5.82 Å². The van der Waals surface area contributed by atoms with Crippen LogP contribution in [0.4, 0.5) is 5.82 Å². The first-order chi connectivity index (χ1) is 9.74. The van der Waals surface area contributed by atoms with Gasteiger partial charge in [0, 0.05) is 0 Å². The molecule has 0 saturated carbocycles. The van der Waals surface area contributed by atoms with Gasteiger partial charge in [0.1, 0.15) is 22.6 Å². The number of aliphatic hydroxyl groups is 2. The highest BCUT2D eigenvalue weighted by molar-refractivity contribution is 5.46. The second-order valence-corrected chi connectivity index (χ2v) is 5.43. The van der Waals surface area contributed by atoms with Gasteiger partial charge in [-0.2, -0.15) is 4.68 Å². The minimum absolute atomic E-state index is 0.0238. The van der Waals surface area contributed by atoms with E-state index in [2.05, 4.69) is 25.3 Å². The summed E-state index contributed by atoms with van der Waals surface area (Å²) >= 11 is 0. The Morgan fingerprint density at radius 1 is 1.14 bits per heavy atom. The van der Waals surface area contributed by atoms with Crippen molar-refractivity contribution < 1.29 is 14.8 Å². The number of nitrogen functional groups attached to an aromatic ring is 1. The fourth-order valence-electron chi connectivity index (χ4n) is 1.95. The van der Waals surface area contributed by atoms with Gasteiger partial charge >= 0.3 is 0 Å². The van der Waals surface area contributed by atoms with Gasteiger partial charge < -0.3 is 15.9 Å². The number of nitrogens with zero attached hydrogens (tertiary/aromatic N) is 5. The molecule has 2 atom stereocenters. The molecular weight excluding hydrogens is 276 g/mol. The lowest BCUT2D eigenvalue weighted by Crippen LogP contribution is -2.31. The summed E-state index contributed by atoms with van der Waals surface area (Å²) in [6.45, 7) is 6.85. The average Bonchev–Trinajstić information content (AvgIpc) is 3.04. The maximum absolute atomic E-state index is 10.7. The Morgan fingerprint density at radius 2 is 1.76 bits per heavy atom. The maximum Gasteiger partial charge on any atom is 0.243 e. The quantitative estimate of drug-likeness (QED) is 0.724. The van der Waals surface area contributed by atoms with Gasteiger partial charge in [0.05, 0.1) is 0 Å². The minimum atomic E-state index is -1.27. The summed E-state index contributed by atoms with van der Waals surface area (Å²) in [6, 6.07) is 0. The second kappa shape index (κ2) is 5.08. The van der Waals surface area contributed by atoms with E-state index in [-0.39, 0.29) is 17.3 Å². The highest BCUT2D eigenvalue weighted by Gasteiger charge is 2.39. The van der Waals surface area contributed by atoms with Crippen molar-refractivity contribution in [2.45, 2.75) is 51.7 Å². The Kier molecular flexibility index (Phi) is 3.72. The van der Waals surface area contributed by atoms with E-state index in [0.717, 1.165) is 0 Å². The molecule has 2 aromatic heterocycles. The van der Waals surface area contributed by atoms with Gasteiger partial charge in [-0.15, -0.1) is 5.10 Å². The summed E-state index contributed by atoms with van der Waals surface area (Å²) < 4.78 is 5.82. The zero-order chi connectivity index (χ0) is 15.8. The van der Waals surface area contributed by atoms with Gasteiger partial charge in [0.15, 0.2) is 0 Å². The molecule has 9 nitrogen and oxygen atoms in total. The Hall–Kier alpha value is -2.00. The van der Waals surface area contributed by atoms with E-state index in [9.17, 15) is 10.2 Å². The lowest BCUT2D eigenvalue weighted by molar-refractivity contribution is 0.0211. The normalized spacial score (nSPS) is 17.4. The van der Waals surface area contributed by atoms with Crippen LogP contribution in [0.2, 0.25) is 0 Å². The van der Waals surface area contributed by atoms with Crippen molar-refractivity contribution in [1.29, 1.82) is 0 Å². The van der Waals surface area contributed by atoms with Gasteiger partial charge in [-0.3, -0.25) is 0 Å². The molecule has 0 aliphatic rings. The molecule has 2 heterocycles. The molecule has 0 saturated heterocycles. The third-order valence-corrected chi connectivity index (χ3v) is 3.76. The van der Waals surface area contributed by atoms with Crippen LogP contribution in [-0.2, 0) is 11.2 Å². The van der Waals surface area contributed by atoms with Gasteiger partial charge in [-0.25, -0.2) is 4.63 Å². The molecule has 2 aromatic rings. The highest BCUT2D eigenvalue weighted by atomic mass is 16.6. The summed E-state index contributed by atoms with van der Waals surface area (Å²) in [4.78, 5) is 0. The van der Waals surface area contributed by atoms with Crippen LogP contribution in [-0.4, -0.2) is 35.5 Å². The Labute approximate surface area is 121 Å². The molecule has 0 aromatic carbocycles. The molecule has 0 amide bonds. The Bertz CT molecular complexity index is 631. The SMILES string of the molecule is CCC(C)(O)c1nnn(-c2nonc2N)c1C(C)(O)CC. The molecular formula is C12H20N6O3. The van der Waals surface area contributed by atoms with Crippen LogP contribution in [0.25, 0.3) is 5.82 Å². The van der Waals surface area contributed by atoms with E-state index in [1.165, 1.54) is 4.68 Å². The number of rotatable bonds is 5. The molecule has 0 spiro atoms. The highest BCUT2D eigenvalue weighted by Crippen LogP contribution is 2.35. The molecule has 0 fully saturated rings. The lowest BCUT2D eigenvalue weighted by atomic mass is 9.89. The van der Waals surface area contributed by atoms with Gasteiger partial charge in [-0.05, 0) is 37.0 Å². The van der Waals surface area contributed by atoms with Crippen LogP contribution >= 0.6 is 0 Å². The van der Waals surface area contributed by atoms with E-state index in [1.807, 2.05) is 13.8 Å². The number of nitrogens with two attached hydrogens (primary N) is 1. The maximum atomic E-state index is 10.7. The first-order valence-electron chi connectivity index (χ1n) is 6.74. The van der Waals surface area contributed by atoms with Crippen LogP contribution in [0.1, 0.15) is 51.9 Å². The zero-order valence-electron chi connectivity index (χ0n) is 12.5. The molecule has 21 heavy (non-hydrogen) atoms. The van der Waals surface area contributed by atoms with E-state index < -0.39 is 11.2 Å². The summed E-state index contributed by atoms with van der Waals surface area (Å²) in [7, 11) is 0. The molecule has 4 N–H and O–H groups in total. The zero-order valence-corrected chi connectivity index (χ0v) is 12.5. The molecule has 0 aliphatic heterocycles. The molecule has 9 heteroatoms. The second-order valence-electron chi connectivity index (χ2n) is 5.43. The van der Waals surface area contributed by atoms with Gasteiger partial charge in [-0.1, -0.05) is 19.1 Å². The van der Waals surface area contributed by atoms with Crippen molar-refractivity contribution >= 4 is 5.82 Å². The number of aromatic nitrogens is 5. The predicted molar refractivity (Wildman–Crippen MR) is 73.4 cm³/mol.